The highest BCUT2D eigenvalue weighted by Gasteiger charge is 2.18. The van der Waals surface area contributed by atoms with Gasteiger partial charge in [-0.1, -0.05) is 0 Å². The molecule has 0 aromatic carbocycles. The van der Waals surface area contributed by atoms with Gasteiger partial charge in [0, 0.05) is 13.7 Å². The Labute approximate surface area is 102 Å². The third kappa shape index (κ3) is 5.18. The predicted octanol–water partition coefficient (Wildman–Crippen LogP) is 0.480. The monoisotopic (exact) mass is 246 g/mol. The molecule has 0 bridgehead atoms. The van der Waals surface area contributed by atoms with Crippen molar-refractivity contribution in [3.8, 4) is 0 Å². The summed E-state index contributed by atoms with van der Waals surface area (Å²) in [5.74, 6) is 3.29. The number of nitrogens with one attached hydrogen (secondary N) is 2. The van der Waals surface area contributed by atoms with Crippen molar-refractivity contribution in [2.45, 2.75) is 19.4 Å². The standard InChI is InChI=1S/C11H22N2O2S/c1-9(11(14)12-4-5-15-2)13-7-10-3-6-16-8-10/h9-10,13H,3-8H2,1-2H3,(H,12,14). The lowest BCUT2D eigenvalue weighted by molar-refractivity contribution is -0.122. The van der Waals surface area contributed by atoms with Gasteiger partial charge in [-0.15, -0.1) is 0 Å². The number of hydrogen-bond donors (Lipinski definition) is 2. The first kappa shape index (κ1) is 13.8. The molecular weight excluding hydrogens is 224 g/mol. The topological polar surface area (TPSA) is 50.4 Å². The van der Waals surface area contributed by atoms with Gasteiger partial charge in [0.25, 0.3) is 0 Å². The van der Waals surface area contributed by atoms with E-state index in [1.807, 2.05) is 18.7 Å². The van der Waals surface area contributed by atoms with Crippen molar-refractivity contribution in [2.75, 3.05) is 38.3 Å². The number of hydrogen-bond acceptors (Lipinski definition) is 4. The SMILES string of the molecule is COCCNC(=O)C(C)NCC1CCSC1. The molecule has 1 fully saturated rings. The van der Waals surface area contributed by atoms with E-state index in [2.05, 4.69) is 10.6 Å². The highest BCUT2D eigenvalue weighted by atomic mass is 32.2. The number of thioether (sulfide) groups is 1. The van der Waals surface area contributed by atoms with E-state index in [-0.39, 0.29) is 11.9 Å². The first-order chi connectivity index (χ1) is 7.74. The van der Waals surface area contributed by atoms with Crippen LogP contribution >= 0.6 is 11.8 Å². The Hall–Kier alpha value is -0.260. The molecule has 1 aliphatic rings. The molecule has 1 aliphatic heterocycles. The molecular formula is C11H22N2O2S. The van der Waals surface area contributed by atoms with Gasteiger partial charge in [-0.25, -0.2) is 0 Å². The summed E-state index contributed by atoms with van der Waals surface area (Å²) in [5.41, 5.74) is 0. The van der Waals surface area contributed by atoms with Gasteiger partial charge < -0.3 is 15.4 Å². The minimum atomic E-state index is -0.109. The molecule has 1 saturated heterocycles. The van der Waals surface area contributed by atoms with E-state index < -0.39 is 0 Å². The Balaban J connectivity index is 2.07. The third-order valence-corrected chi connectivity index (χ3v) is 3.97. The molecule has 1 heterocycles. The van der Waals surface area contributed by atoms with Crippen LogP contribution < -0.4 is 10.6 Å². The molecule has 16 heavy (non-hydrogen) atoms. The summed E-state index contributed by atoms with van der Waals surface area (Å²) in [7, 11) is 1.63. The molecule has 0 spiro atoms. The van der Waals surface area contributed by atoms with Crippen LogP contribution in [0.3, 0.4) is 0 Å². The number of carbonyl (C=O) groups excluding carboxylic acids is 1. The van der Waals surface area contributed by atoms with Crippen molar-refractivity contribution in [3.63, 3.8) is 0 Å². The zero-order chi connectivity index (χ0) is 11.8. The van der Waals surface area contributed by atoms with Gasteiger partial charge in [0.1, 0.15) is 0 Å². The van der Waals surface area contributed by atoms with Crippen LogP contribution in [-0.4, -0.2) is 50.3 Å². The molecule has 2 unspecified atom stereocenters. The fourth-order valence-corrected chi connectivity index (χ4v) is 2.89. The molecule has 5 heteroatoms. The van der Waals surface area contributed by atoms with Gasteiger partial charge in [0.2, 0.25) is 5.91 Å². The van der Waals surface area contributed by atoms with Crippen LogP contribution in [0.5, 0.6) is 0 Å². The first-order valence-electron chi connectivity index (χ1n) is 5.81. The van der Waals surface area contributed by atoms with Crippen molar-refractivity contribution in [3.05, 3.63) is 0 Å². The van der Waals surface area contributed by atoms with E-state index in [0.717, 1.165) is 12.5 Å². The smallest absolute Gasteiger partial charge is 0.236 e. The number of methoxy groups -OCH3 is 1. The second-order valence-corrected chi connectivity index (χ2v) is 5.29. The van der Waals surface area contributed by atoms with Gasteiger partial charge in [0.15, 0.2) is 0 Å². The van der Waals surface area contributed by atoms with Crippen LogP contribution in [0.25, 0.3) is 0 Å². The van der Waals surface area contributed by atoms with Gasteiger partial charge in [-0.2, -0.15) is 11.8 Å². The Bertz CT molecular complexity index is 208. The van der Waals surface area contributed by atoms with E-state index in [0.29, 0.717) is 13.2 Å². The van der Waals surface area contributed by atoms with Crippen molar-refractivity contribution in [1.29, 1.82) is 0 Å². The number of ether oxygens (including phenoxy) is 1. The number of rotatable bonds is 7. The van der Waals surface area contributed by atoms with Crippen LogP contribution in [0.2, 0.25) is 0 Å². The molecule has 2 N–H and O–H groups in total. The lowest BCUT2D eigenvalue weighted by Crippen LogP contribution is -2.44. The summed E-state index contributed by atoms with van der Waals surface area (Å²) in [6.45, 7) is 4.01. The maximum atomic E-state index is 11.6. The van der Waals surface area contributed by atoms with Crippen LogP contribution in [-0.2, 0) is 9.53 Å². The van der Waals surface area contributed by atoms with Crippen LogP contribution in [0.4, 0.5) is 0 Å². The average molecular weight is 246 g/mol. The maximum Gasteiger partial charge on any atom is 0.236 e. The van der Waals surface area contributed by atoms with E-state index in [1.165, 1.54) is 17.9 Å². The fourth-order valence-electron chi connectivity index (χ4n) is 1.61. The maximum absolute atomic E-state index is 11.6. The fraction of sp³-hybridized carbons (Fsp3) is 0.909. The summed E-state index contributed by atoms with van der Waals surface area (Å²) in [4.78, 5) is 11.6. The van der Waals surface area contributed by atoms with Crippen molar-refractivity contribution in [1.82, 2.24) is 10.6 Å². The lowest BCUT2D eigenvalue weighted by atomic mass is 10.1. The van der Waals surface area contributed by atoms with E-state index >= 15 is 0 Å². The molecule has 0 aromatic rings. The highest BCUT2D eigenvalue weighted by Crippen LogP contribution is 2.22. The van der Waals surface area contributed by atoms with Crippen molar-refractivity contribution in [2.24, 2.45) is 5.92 Å². The average Bonchev–Trinajstić information content (AvgIpc) is 2.79. The molecule has 0 radical (unpaired) electrons. The van der Waals surface area contributed by atoms with Crippen molar-refractivity contribution >= 4 is 17.7 Å². The minimum absolute atomic E-state index is 0.0581. The van der Waals surface area contributed by atoms with Crippen LogP contribution in [0.15, 0.2) is 0 Å². The molecule has 2 atom stereocenters. The van der Waals surface area contributed by atoms with Crippen molar-refractivity contribution < 1.29 is 9.53 Å². The lowest BCUT2D eigenvalue weighted by Gasteiger charge is -2.16. The molecule has 0 aliphatic carbocycles. The third-order valence-electron chi connectivity index (χ3n) is 2.74. The summed E-state index contributed by atoms with van der Waals surface area (Å²) in [6.07, 6.45) is 1.27. The summed E-state index contributed by atoms with van der Waals surface area (Å²) < 4.78 is 4.88. The van der Waals surface area contributed by atoms with Gasteiger partial charge in [0.05, 0.1) is 12.6 Å². The molecule has 94 valence electrons. The number of carbonyl (C=O) groups is 1. The quantitative estimate of drug-likeness (QED) is 0.642. The van der Waals surface area contributed by atoms with Gasteiger partial charge in [-0.05, 0) is 37.3 Å². The summed E-state index contributed by atoms with van der Waals surface area (Å²) in [5, 5.41) is 6.11. The normalized spacial score (nSPS) is 22.0. The largest absolute Gasteiger partial charge is 0.383 e. The summed E-state index contributed by atoms with van der Waals surface area (Å²) >= 11 is 2.00. The highest BCUT2D eigenvalue weighted by molar-refractivity contribution is 7.99. The second-order valence-electron chi connectivity index (χ2n) is 4.14. The molecule has 4 nitrogen and oxygen atoms in total. The first-order valence-corrected chi connectivity index (χ1v) is 6.97. The Kier molecular flexibility index (Phi) is 6.84. The molecule has 0 saturated carbocycles. The Morgan fingerprint density at radius 3 is 3.06 bits per heavy atom. The Morgan fingerprint density at radius 2 is 2.44 bits per heavy atom. The zero-order valence-electron chi connectivity index (χ0n) is 10.1. The second kappa shape index (κ2) is 7.92. The predicted molar refractivity (Wildman–Crippen MR) is 67.8 cm³/mol. The Morgan fingerprint density at radius 1 is 1.62 bits per heavy atom. The van der Waals surface area contributed by atoms with Crippen LogP contribution in [0.1, 0.15) is 13.3 Å². The van der Waals surface area contributed by atoms with Gasteiger partial charge >= 0.3 is 0 Å². The van der Waals surface area contributed by atoms with E-state index in [1.54, 1.807) is 7.11 Å². The number of amides is 1. The molecule has 1 rings (SSSR count). The molecule has 1 amide bonds. The van der Waals surface area contributed by atoms with Gasteiger partial charge in [-0.3, -0.25) is 4.79 Å². The van der Waals surface area contributed by atoms with E-state index in [4.69, 9.17) is 4.74 Å². The van der Waals surface area contributed by atoms with Crippen LogP contribution in [0, 0.1) is 5.92 Å². The molecule has 0 aromatic heterocycles. The minimum Gasteiger partial charge on any atom is -0.383 e. The van der Waals surface area contributed by atoms with E-state index in [9.17, 15) is 4.79 Å². The summed E-state index contributed by atoms with van der Waals surface area (Å²) in [6, 6.07) is -0.109. The zero-order valence-corrected chi connectivity index (χ0v) is 10.9.